The Labute approximate surface area is 165 Å². The van der Waals surface area contributed by atoms with Crippen LogP contribution in [0.5, 0.6) is 0 Å². The molecule has 1 aromatic heterocycles. The number of rotatable bonds is 5. The minimum absolute atomic E-state index is 0.00677. The summed E-state index contributed by atoms with van der Waals surface area (Å²) in [6.07, 6.45) is 0.899. The number of benzene rings is 1. The van der Waals surface area contributed by atoms with E-state index in [1.165, 1.54) is 0 Å². The van der Waals surface area contributed by atoms with Gasteiger partial charge in [-0.05, 0) is 38.0 Å². The highest BCUT2D eigenvalue weighted by atomic mass is 35.5. The van der Waals surface area contributed by atoms with Crippen molar-refractivity contribution >= 4 is 27.3 Å². The molecule has 0 saturated carbocycles. The Bertz CT molecular complexity index is 951. The SMILES string of the molecule is Cc1nn([C@H]2CCS(=O)(=O)C2)c(C)c1CN(C)C(=O)Cc1ccc(Cl)cc1. The van der Waals surface area contributed by atoms with E-state index in [1.54, 1.807) is 24.1 Å². The highest BCUT2D eigenvalue weighted by Crippen LogP contribution is 2.27. The zero-order chi connectivity index (χ0) is 19.8. The molecule has 1 atom stereocenters. The Morgan fingerprint density at radius 2 is 1.96 bits per heavy atom. The van der Waals surface area contributed by atoms with E-state index >= 15 is 0 Å². The van der Waals surface area contributed by atoms with Gasteiger partial charge in [0.05, 0.1) is 29.7 Å². The van der Waals surface area contributed by atoms with E-state index in [-0.39, 0.29) is 23.5 Å². The number of amides is 1. The number of aryl methyl sites for hydroxylation is 1. The van der Waals surface area contributed by atoms with Crippen molar-refractivity contribution in [1.82, 2.24) is 14.7 Å². The van der Waals surface area contributed by atoms with Crippen molar-refractivity contribution in [1.29, 1.82) is 0 Å². The molecule has 1 amide bonds. The number of hydrogen-bond acceptors (Lipinski definition) is 4. The van der Waals surface area contributed by atoms with Crippen LogP contribution in [0.2, 0.25) is 5.02 Å². The second-order valence-corrected chi connectivity index (χ2v) is 9.87. The van der Waals surface area contributed by atoms with E-state index in [9.17, 15) is 13.2 Å². The first-order valence-electron chi connectivity index (χ1n) is 8.89. The van der Waals surface area contributed by atoms with Crippen molar-refractivity contribution in [2.24, 2.45) is 0 Å². The molecular weight excluding hydrogens is 386 g/mol. The molecule has 6 nitrogen and oxygen atoms in total. The van der Waals surface area contributed by atoms with E-state index in [4.69, 9.17) is 11.6 Å². The fourth-order valence-corrected chi connectivity index (χ4v) is 5.30. The number of aromatic nitrogens is 2. The summed E-state index contributed by atoms with van der Waals surface area (Å²) in [5.74, 6) is 0.359. The molecule has 146 valence electrons. The van der Waals surface area contributed by atoms with Crippen LogP contribution >= 0.6 is 11.6 Å². The smallest absolute Gasteiger partial charge is 0.227 e. The molecule has 1 aliphatic heterocycles. The van der Waals surface area contributed by atoms with E-state index in [0.717, 1.165) is 22.5 Å². The maximum absolute atomic E-state index is 12.6. The molecule has 3 rings (SSSR count). The van der Waals surface area contributed by atoms with Gasteiger partial charge in [0.25, 0.3) is 0 Å². The Morgan fingerprint density at radius 3 is 2.56 bits per heavy atom. The maximum atomic E-state index is 12.6. The van der Waals surface area contributed by atoms with Crippen LogP contribution < -0.4 is 0 Å². The van der Waals surface area contributed by atoms with Crippen molar-refractivity contribution in [3.05, 3.63) is 51.8 Å². The number of nitrogens with zero attached hydrogens (tertiary/aromatic N) is 3. The molecule has 1 saturated heterocycles. The maximum Gasteiger partial charge on any atom is 0.227 e. The molecule has 0 bridgehead atoms. The summed E-state index contributed by atoms with van der Waals surface area (Å²) >= 11 is 5.88. The third kappa shape index (κ3) is 4.52. The lowest BCUT2D eigenvalue weighted by Crippen LogP contribution is -2.28. The molecule has 0 radical (unpaired) electrons. The topological polar surface area (TPSA) is 72.3 Å². The summed E-state index contributed by atoms with van der Waals surface area (Å²) in [4.78, 5) is 14.2. The van der Waals surface area contributed by atoms with E-state index in [2.05, 4.69) is 5.10 Å². The van der Waals surface area contributed by atoms with E-state index in [0.29, 0.717) is 24.4 Å². The molecule has 0 N–H and O–H groups in total. The summed E-state index contributed by atoms with van der Waals surface area (Å²) in [6.45, 7) is 4.29. The van der Waals surface area contributed by atoms with Crippen LogP contribution in [0, 0.1) is 13.8 Å². The molecule has 1 aromatic carbocycles. The monoisotopic (exact) mass is 409 g/mol. The largest absolute Gasteiger partial charge is 0.341 e. The van der Waals surface area contributed by atoms with Crippen LogP contribution in [-0.2, 0) is 27.6 Å². The third-order valence-electron chi connectivity index (χ3n) is 5.12. The normalized spacial score (nSPS) is 18.6. The second-order valence-electron chi connectivity index (χ2n) is 7.20. The van der Waals surface area contributed by atoms with Gasteiger partial charge in [-0.1, -0.05) is 23.7 Å². The lowest BCUT2D eigenvalue weighted by molar-refractivity contribution is -0.129. The van der Waals surface area contributed by atoms with Crippen molar-refractivity contribution in [3.8, 4) is 0 Å². The summed E-state index contributed by atoms with van der Waals surface area (Å²) in [6, 6.07) is 7.14. The van der Waals surface area contributed by atoms with Gasteiger partial charge in [0.15, 0.2) is 9.84 Å². The van der Waals surface area contributed by atoms with Gasteiger partial charge < -0.3 is 4.90 Å². The molecule has 0 unspecified atom stereocenters. The van der Waals surface area contributed by atoms with Crippen LogP contribution in [-0.4, -0.2) is 47.6 Å². The van der Waals surface area contributed by atoms with Crippen molar-refractivity contribution < 1.29 is 13.2 Å². The van der Waals surface area contributed by atoms with Crippen LogP contribution in [0.15, 0.2) is 24.3 Å². The van der Waals surface area contributed by atoms with Gasteiger partial charge in [0.1, 0.15) is 0 Å². The van der Waals surface area contributed by atoms with Crippen LogP contribution in [0.25, 0.3) is 0 Å². The number of sulfone groups is 1. The summed E-state index contributed by atoms with van der Waals surface area (Å²) in [7, 11) is -1.20. The average Bonchev–Trinajstić information content (AvgIpc) is 3.10. The Balaban J connectivity index is 1.71. The number of carbonyl (C=O) groups is 1. The van der Waals surface area contributed by atoms with Crippen LogP contribution in [0.3, 0.4) is 0 Å². The predicted octanol–water partition coefficient (Wildman–Crippen LogP) is 2.71. The molecule has 1 fully saturated rings. The average molecular weight is 410 g/mol. The fraction of sp³-hybridized carbons (Fsp3) is 0.474. The zero-order valence-corrected chi connectivity index (χ0v) is 17.3. The third-order valence-corrected chi connectivity index (χ3v) is 7.12. The Hall–Kier alpha value is -1.86. The standard InChI is InChI=1S/C19H24ClN3O3S/c1-13-18(14(2)23(21-13)17-8-9-27(25,26)12-17)11-22(3)19(24)10-15-4-6-16(20)7-5-15/h4-7,17H,8-12H2,1-3H3/t17-/m0/s1. The van der Waals surface area contributed by atoms with Gasteiger partial charge in [-0.2, -0.15) is 5.10 Å². The van der Waals surface area contributed by atoms with E-state index in [1.807, 2.05) is 30.7 Å². The minimum Gasteiger partial charge on any atom is -0.341 e. The summed E-state index contributed by atoms with van der Waals surface area (Å²) < 4.78 is 25.4. The Morgan fingerprint density at radius 1 is 1.30 bits per heavy atom. The van der Waals surface area contributed by atoms with Crippen molar-refractivity contribution in [2.45, 2.75) is 39.3 Å². The highest BCUT2D eigenvalue weighted by molar-refractivity contribution is 7.91. The molecule has 0 spiro atoms. The molecule has 8 heteroatoms. The first-order chi connectivity index (χ1) is 12.7. The summed E-state index contributed by atoms with van der Waals surface area (Å²) in [5.41, 5.74) is 3.66. The second kappa shape index (κ2) is 7.64. The molecule has 2 aromatic rings. The highest BCUT2D eigenvalue weighted by Gasteiger charge is 2.31. The minimum atomic E-state index is -2.97. The molecule has 1 aliphatic rings. The quantitative estimate of drug-likeness (QED) is 0.761. The number of hydrogen-bond donors (Lipinski definition) is 0. The lowest BCUT2D eigenvalue weighted by Gasteiger charge is -2.18. The number of likely N-dealkylation sites (N-methyl/N-ethyl adjacent to an activating group) is 1. The lowest BCUT2D eigenvalue weighted by atomic mass is 10.1. The molecular formula is C19H24ClN3O3S. The van der Waals surface area contributed by atoms with Crippen LogP contribution in [0.4, 0.5) is 0 Å². The van der Waals surface area contributed by atoms with Gasteiger partial charge in [-0.3, -0.25) is 9.48 Å². The van der Waals surface area contributed by atoms with Crippen molar-refractivity contribution in [2.75, 3.05) is 18.6 Å². The first kappa shape index (κ1) is 19.9. The molecule has 27 heavy (non-hydrogen) atoms. The van der Waals surface area contributed by atoms with Gasteiger partial charge in [0.2, 0.25) is 5.91 Å². The van der Waals surface area contributed by atoms with Crippen molar-refractivity contribution in [3.63, 3.8) is 0 Å². The van der Waals surface area contributed by atoms with Gasteiger partial charge in [-0.15, -0.1) is 0 Å². The van der Waals surface area contributed by atoms with Crippen LogP contribution in [0.1, 0.15) is 35.0 Å². The first-order valence-corrected chi connectivity index (χ1v) is 11.1. The molecule has 2 heterocycles. The van der Waals surface area contributed by atoms with Gasteiger partial charge >= 0.3 is 0 Å². The van der Waals surface area contributed by atoms with E-state index < -0.39 is 9.84 Å². The fourth-order valence-electron chi connectivity index (χ4n) is 3.49. The predicted molar refractivity (Wildman–Crippen MR) is 106 cm³/mol. The number of carbonyl (C=O) groups excluding carboxylic acids is 1. The summed E-state index contributed by atoms with van der Waals surface area (Å²) in [5, 5.41) is 5.21. The number of halogens is 1. The Kier molecular flexibility index (Phi) is 5.63. The molecule has 0 aliphatic carbocycles. The van der Waals surface area contributed by atoms with Gasteiger partial charge in [-0.25, -0.2) is 8.42 Å². The van der Waals surface area contributed by atoms with Gasteiger partial charge in [0, 0.05) is 29.9 Å². The zero-order valence-electron chi connectivity index (χ0n) is 15.8.